The van der Waals surface area contributed by atoms with Crippen LogP contribution in [0.5, 0.6) is 0 Å². The maximum Gasteiger partial charge on any atom is 0.148 e. The molecule has 2 rings (SSSR count). The molecule has 0 aliphatic carbocycles. The zero-order chi connectivity index (χ0) is 14.9. The van der Waals surface area contributed by atoms with E-state index in [1.54, 1.807) is 11.3 Å². The molecule has 0 atom stereocenters. The quantitative estimate of drug-likeness (QED) is 0.927. The molecule has 0 fully saturated rings. The van der Waals surface area contributed by atoms with E-state index in [9.17, 15) is 0 Å². The molecule has 1 aromatic carbocycles. The van der Waals surface area contributed by atoms with Gasteiger partial charge in [-0.05, 0) is 52.7 Å². The predicted molar refractivity (Wildman–Crippen MR) is 86.1 cm³/mol. The molecule has 0 saturated carbocycles. The highest BCUT2D eigenvalue weighted by molar-refractivity contribution is 7.14. The molecule has 0 aliphatic heterocycles. The van der Waals surface area contributed by atoms with Crippen molar-refractivity contribution in [2.45, 2.75) is 53.6 Å². The molecule has 0 amide bonds. The van der Waals surface area contributed by atoms with Gasteiger partial charge in [-0.15, -0.1) is 10.2 Å². The molecule has 0 unspecified atom stereocenters. The number of nitrogens with one attached hydrogen (secondary N) is 1. The summed E-state index contributed by atoms with van der Waals surface area (Å²) in [5, 5.41) is 14.2. The monoisotopic (exact) mass is 289 g/mol. The van der Waals surface area contributed by atoms with E-state index in [2.05, 4.69) is 69.2 Å². The van der Waals surface area contributed by atoms with Crippen LogP contribution in [0.4, 0.5) is 0 Å². The third-order valence-corrected chi connectivity index (χ3v) is 4.07. The Morgan fingerprint density at radius 1 is 1.05 bits per heavy atom. The van der Waals surface area contributed by atoms with Crippen molar-refractivity contribution in [2.24, 2.45) is 0 Å². The van der Waals surface area contributed by atoms with E-state index in [0.717, 1.165) is 16.6 Å². The van der Waals surface area contributed by atoms with E-state index < -0.39 is 0 Å². The first-order chi connectivity index (χ1) is 9.26. The Balaban J connectivity index is 2.25. The Bertz CT molecular complexity index is 585. The molecule has 0 saturated heterocycles. The summed E-state index contributed by atoms with van der Waals surface area (Å²) in [6.07, 6.45) is 0. The number of nitrogens with zero attached hydrogens (tertiary/aromatic N) is 2. The molecule has 3 nitrogen and oxygen atoms in total. The third kappa shape index (κ3) is 3.64. The highest BCUT2D eigenvalue weighted by Crippen LogP contribution is 2.30. The Labute approximate surface area is 125 Å². The molecule has 2 aromatic rings. The van der Waals surface area contributed by atoms with E-state index in [0.29, 0.717) is 0 Å². The fraction of sp³-hybridized carbons (Fsp3) is 0.500. The first kappa shape index (κ1) is 15.1. The maximum absolute atomic E-state index is 4.37. The minimum absolute atomic E-state index is 0.0987. The van der Waals surface area contributed by atoms with E-state index in [1.807, 2.05) is 0 Å². The third-order valence-electron chi connectivity index (χ3n) is 3.13. The second-order valence-corrected chi connectivity index (χ2v) is 7.44. The number of aromatic nitrogens is 2. The average molecular weight is 289 g/mol. The lowest BCUT2D eigenvalue weighted by Gasteiger charge is -2.19. The molecule has 1 heterocycles. The first-order valence-corrected chi connectivity index (χ1v) is 7.73. The maximum atomic E-state index is 4.37. The van der Waals surface area contributed by atoms with Crippen molar-refractivity contribution in [3.8, 4) is 10.6 Å². The van der Waals surface area contributed by atoms with Crippen LogP contribution < -0.4 is 5.32 Å². The SMILES string of the molecule is Cc1cc(C)c(-c2nnc(CNC(C)(C)C)s2)c(C)c1. The van der Waals surface area contributed by atoms with Crippen LogP contribution in [-0.2, 0) is 6.54 Å². The Morgan fingerprint density at radius 2 is 1.65 bits per heavy atom. The first-order valence-electron chi connectivity index (χ1n) is 6.92. The van der Waals surface area contributed by atoms with Crippen LogP contribution in [-0.4, -0.2) is 15.7 Å². The van der Waals surface area contributed by atoms with Gasteiger partial charge in [0.15, 0.2) is 0 Å². The lowest BCUT2D eigenvalue weighted by molar-refractivity contribution is 0.423. The molecule has 0 aliphatic rings. The van der Waals surface area contributed by atoms with Crippen LogP contribution in [0.1, 0.15) is 42.5 Å². The van der Waals surface area contributed by atoms with Crippen molar-refractivity contribution in [1.82, 2.24) is 15.5 Å². The van der Waals surface area contributed by atoms with Gasteiger partial charge in [0.1, 0.15) is 10.0 Å². The van der Waals surface area contributed by atoms with E-state index in [1.165, 1.54) is 22.3 Å². The summed E-state index contributed by atoms with van der Waals surface area (Å²) in [5.74, 6) is 0. The van der Waals surface area contributed by atoms with Gasteiger partial charge in [0.2, 0.25) is 0 Å². The summed E-state index contributed by atoms with van der Waals surface area (Å²) in [4.78, 5) is 0. The number of hydrogen-bond acceptors (Lipinski definition) is 4. The Morgan fingerprint density at radius 3 is 2.20 bits per heavy atom. The van der Waals surface area contributed by atoms with Crippen molar-refractivity contribution < 1.29 is 0 Å². The molecule has 0 radical (unpaired) electrons. The topological polar surface area (TPSA) is 37.8 Å². The van der Waals surface area contributed by atoms with E-state index >= 15 is 0 Å². The van der Waals surface area contributed by atoms with Crippen molar-refractivity contribution in [1.29, 1.82) is 0 Å². The van der Waals surface area contributed by atoms with Crippen LogP contribution in [0.15, 0.2) is 12.1 Å². The standard InChI is InChI=1S/C16H23N3S/c1-10-7-11(2)14(12(3)8-10)15-19-18-13(20-15)9-17-16(4,5)6/h7-8,17H,9H2,1-6H3. The second kappa shape index (κ2) is 5.62. The molecular weight excluding hydrogens is 266 g/mol. The van der Waals surface area contributed by atoms with Gasteiger partial charge in [-0.1, -0.05) is 29.0 Å². The minimum atomic E-state index is 0.0987. The smallest absolute Gasteiger partial charge is 0.148 e. The molecule has 4 heteroatoms. The van der Waals surface area contributed by atoms with Crippen molar-refractivity contribution in [3.05, 3.63) is 33.8 Å². The summed E-state index contributed by atoms with van der Waals surface area (Å²) < 4.78 is 0. The normalized spacial score (nSPS) is 11.9. The molecule has 108 valence electrons. The largest absolute Gasteiger partial charge is 0.306 e. The lowest BCUT2D eigenvalue weighted by atomic mass is 10.0. The van der Waals surface area contributed by atoms with Gasteiger partial charge in [0.05, 0.1) is 6.54 Å². The van der Waals surface area contributed by atoms with Gasteiger partial charge in [-0.2, -0.15) is 0 Å². The van der Waals surface area contributed by atoms with Crippen LogP contribution in [0.25, 0.3) is 10.6 Å². The molecule has 20 heavy (non-hydrogen) atoms. The summed E-state index contributed by atoms with van der Waals surface area (Å²) in [5.41, 5.74) is 5.17. The summed E-state index contributed by atoms with van der Waals surface area (Å²) >= 11 is 1.68. The molecular formula is C16H23N3S. The van der Waals surface area contributed by atoms with E-state index in [4.69, 9.17) is 0 Å². The summed E-state index contributed by atoms with van der Waals surface area (Å²) in [6, 6.07) is 4.41. The highest BCUT2D eigenvalue weighted by atomic mass is 32.1. The average Bonchev–Trinajstić information content (AvgIpc) is 2.72. The predicted octanol–water partition coefficient (Wildman–Crippen LogP) is 4.02. The van der Waals surface area contributed by atoms with Gasteiger partial charge in [-0.3, -0.25) is 0 Å². The molecule has 0 spiro atoms. The fourth-order valence-electron chi connectivity index (χ4n) is 2.28. The highest BCUT2D eigenvalue weighted by Gasteiger charge is 2.14. The van der Waals surface area contributed by atoms with Crippen LogP contribution in [0.2, 0.25) is 0 Å². The lowest BCUT2D eigenvalue weighted by Crippen LogP contribution is -2.35. The van der Waals surface area contributed by atoms with Crippen molar-refractivity contribution >= 4 is 11.3 Å². The number of benzene rings is 1. The van der Waals surface area contributed by atoms with Crippen LogP contribution in [0, 0.1) is 20.8 Å². The number of hydrogen-bond donors (Lipinski definition) is 1. The zero-order valence-electron chi connectivity index (χ0n) is 13.2. The summed E-state index contributed by atoms with van der Waals surface area (Å²) in [6.45, 7) is 13.6. The number of rotatable bonds is 3. The second-order valence-electron chi connectivity index (χ2n) is 6.38. The van der Waals surface area contributed by atoms with Gasteiger partial charge in [-0.25, -0.2) is 0 Å². The Kier molecular flexibility index (Phi) is 4.25. The molecule has 1 N–H and O–H groups in total. The molecule has 0 bridgehead atoms. The van der Waals surface area contributed by atoms with Crippen LogP contribution >= 0.6 is 11.3 Å². The van der Waals surface area contributed by atoms with Gasteiger partial charge in [0, 0.05) is 11.1 Å². The van der Waals surface area contributed by atoms with Gasteiger partial charge >= 0.3 is 0 Å². The van der Waals surface area contributed by atoms with E-state index in [-0.39, 0.29) is 5.54 Å². The number of aryl methyl sites for hydroxylation is 3. The summed E-state index contributed by atoms with van der Waals surface area (Å²) in [7, 11) is 0. The molecule has 1 aromatic heterocycles. The minimum Gasteiger partial charge on any atom is -0.306 e. The van der Waals surface area contributed by atoms with Crippen molar-refractivity contribution in [2.75, 3.05) is 0 Å². The van der Waals surface area contributed by atoms with Gasteiger partial charge in [0.25, 0.3) is 0 Å². The zero-order valence-corrected chi connectivity index (χ0v) is 14.0. The Hall–Kier alpha value is -1.26. The van der Waals surface area contributed by atoms with Gasteiger partial charge < -0.3 is 5.32 Å². The van der Waals surface area contributed by atoms with Crippen LogP contribution in [0.3, 0.4) is 0 Å². The fourth-order valence-corrected chi connectivity index (χ4v) is 3.24. The van der Waals surface area contributed by atoms with Crippen molar-refractivity contribution in [3.63, 3.8) is 0 Å².